The number of amides is 4. The van der Waals surface area contributed by atoms with Crippen molar-refractivity contribution in [2.45, 2.75) is 97.3 Å². The van der Waals surface area contributed by atoms with E-state index in [0.29, 0.717) is 46.7 Å². The van der Waals surface area contributed by atoms with E-state index in [1.165, 1.54) is 31.3 Å². The first-order valence-electron chi connectivity index (χ1n) is 23.0. The Morgan fingerprint density at radius 3 is 2.06 bits per heavy atom. The summed E-state index contributed by atoms with van der Waals surface area (Å²) in [7, 11) is 2.94. The van der Waals surface area contributed by atoms with E-state index >= 15 is 0 Å². The van der Waals surface area contributed by atoms with Gasteiger partial charge in [-0.15, -0.1) is 0 Å². The fraction of sp³-hybridized carbons (Fsp3) is 0.385. The molecule has 0 radical (unpaired) electrons. The molecule has 4 aliphatic heterocycles. The Morgan fingerprint density at radius 2 is 1.42 bits per heavy atom. The predicted octanol–water partition coefficient (Wildman–Crippen LogP) is 6.69. The molecule has 0 saturated carbocycles. The minimum atomic E-state index is -1.53. The number of allylic oxidation sites excluding steroid dienone is 4. The Bertz CT molecular complexity index is 2620. The van der Waals surface area contributed by atoms with Crippen molar-refractivity contribution in [3.05, 3.63) is 119 Å². The molecule has 7 rings (SSSR count). The van der Waals surface area contributed by atoms with Gasteiger partial charge in [-0.25, -0.2) is 9.69 Å². The standard InChI is InChI=1S/C52H60N6O11/c1-8-11-34-19-36-26-54-39-24-45(43(65-6)22-37(39)49(61)56(36)27-34)67-17-10-18-68-46-25-40-38(23-44(46)66-7)50(62)57-28-35(12-9-2)20-41(57)51(63)58(40)52(64)69-29-33-15-13-32(14-16-33)21-42(59)31(5)55-48(60)47(53)30(3)4/h8-9,11-16,22-28,30-31,36,41,47,51,63H,10,17-21,29,53H2,1-7H3,(H,55,60)/b11-8+,12-9+/t31-,36-,41-,47-,51-/m0/s1. The van der Waals surface area contributed by atoms with Gasteiger partial charge in [-0.1, -0.05) is 62.4 Å². The molecule has 4 N–H and O–H groups in total. The predicted molar refractivity (Wildman–Crippen MR) is 259 cm³/mol. The van der Waals surface area contributed by atoms with E-state index in [1.54, 1.807) is 60.6 Å². The van der Waals surface area contributed by atoms with Crippen LogP contribution in [0.25, 0.3) is 0 Å². The highest BCUT2D eigenvalue weighted by atomic mass is 16.6. The lowest BCUT2D eigenvalue weighted by Gasteiger charge is -2.31. The summed E-state index contributed by atoms with van der Waals surface area (Å²) in [4.78, 5) is 76.2. The zero-order valence-corrected chi connectivity index (χ0v) is 40.0. The molecule has 0 unspecified atom stereocenters. The highest BCUT2D eigenvalue weighted by Gasteiger charge is 2.45. The number of ketones is 1. The summed E-state index contributed by atoms with van der Waals surface area (Å²) in [6.07, 6.45) is 11.8. The molecule has 0 spiro atoms. The number of aliphatic hydroxyl groups is 1. The van der Waals surface area contributed by atoms with Crippen LogP contribution in [0, 0.1) is 5.92 Å². The average molecular weight is 945 g/mol. The van der Waals surface area contributed by atoms with Gasteiger partial charge in [0.25, 0.3) is 11.8 Å². The fourth-order valence-corrected chi connectivity index (χ4v) is 8.47. The van der Waals surface area contributed by atoms with Crippen molar-refractivity contribution in [1.29, 1.82) is 0 Å². The number of nitrogens with two attached hydrogens (primary N) is 1. The van der Waals surface area contributed by atoms with Crippen LogP contribution >= 0.6 is 0 Å². The van der Waals surface area contributed by atoms with E-state index in [1.807, 2.05) is 58.2 Å². The summed E-state index contributed by atoms with van der Waals surface area (Å²) in [6, 6.07) is 10.7. The summed E-state index contributed by atoms with van der Waals surface area (Å²) in [5.41, 5.74) is 10.1. The number of nitrogens with one attached hydrogen (secondary N) is 1. The first-order valence-corrected chi connectivity index (χ1v) is 23.0. The normalized spacial score (nSPS) is 19.3. The number of Topliss-reactive ketones (excluding diaryl/α,β-unsaturated/α-hetero) is 1. The maximum atomic E-state index is 14.3. The number of ether oxygens (including phenoxy) is 5. The number of aliphatic imine (C=N–C) groups is 1. The second-order valence-corrected chi connectivity index (χ2v) is 17.5. The summed E-state index contributed by atoms with van der Waals surface area (Å²) >= 11 is 0. The first-order chi connectivity index (χ1) is 33.1. The molecule has 0 bridgehead atoms. The van der Waals surface area contributed by atoms with Crippen molar-refractivity contribution < 1.29 is 52.8 Å². The molecular weight excluding hydrogens is 885 g/mol. The van der Waals surface area contributed by atoms with E-state index in [4.69, 9.17) is 29.4 Å². The number of hydrogen-bond donors (Lipinski definition) is 3. The van der Waals surface area contributed by atoms with E-state index in [9.17, 15) is 29.1 Å². The zero-order chi connectivity index (χ0) is 49.5. The first kappa shape index (κ1) is 49.7. The van der Waals surface area contributed by atoms with Crippen LogP contribution in [0.15, 0.2) is 101 Å². The van der Waals surface area contributed by atoms with Crippen LogP contribution < -0.4 is 34.9 Å². The number of rotatable bonds is 18. The smallest absolute Gasteiger partial charge is 0.416 e. The van der Waals surface area contributed by atoms with Crippen molar-refractivity contribution in [3.8, 4) is 23.0 Å². The van der Waals surface area contributed by atoms with Crippen LogP contribution in [0.3, 0.4) is 0 Å². The van der Waals surface area contributed by atoms with E-state index in [-0.39, 0.29) is 79.1 Å². The minimum Gasteiger partial charge on any atom is -0.493 e. The van der Waals surface area contributed by atoms with Crippen LogP contribution in [0.5, 0.6) is 23.0 Å². The quantitative estimate of drug-likeness (QED) is 0.114. The molecule has 0 fully saturated rings. The maximum Gasteiger partial charge on any atom is 0.416 e. The molecule has 17 heteroatoms. The third kappa shape index (κ3) is 10.9. The third-order valence-corrected chi connectivity index (χ3v) is 12.4. The number of methoxy groups -OCH3 is 2. The fourth-order valence-electron chi connectivity index (χ4n) is 8.47. The molecule has 4 aliphatic rings. The molecule has 3 aromatic rings. The molecule has 364 valence electrons. The minimum absolute atomic E-state index is 0.0585. The Morgan fingerprint density at radius 1 is 0.826 bits per heavy atom. The number of carbonyl (C=O) groups excluding carboxylic acids is 5. The molecule has 5 atom stereocenters. The van der Waals surface area contributed by atoms with Crippen molar-refractivity contribution in [3.63, 3.8) is 0 Å². The lowest BCUT2D eigenvalue weighted by Crippen LogP contribution is -2.50. The summed E-state index contributed by atoms with van der Waals surface area (Å²) in [6.45, 7) is 9.16. The summed E-state index contributed by atoms with van der Waals surface area (Å²) in [5.74, 6) is -0.122. The highest BCUT2D eigenvalue weighted by Crippen LogP contribution is 2.43. The third-order valence-electron chi connectivity index (χ3n) is 12.4. The van der Waals surface area contributed by atoms with Crippen LogP contribution in [0.2, 0.25) is 0 Å². The van der Waals surface area contributed by atoms with Crippen LogP contribution in [-0.2, 0) is 27.4 Å². The largest absolute Gasteiger partial charge is 0.493 e. The summed E-state index contributed by atoms with van der Waals surface area (Å²) < 4.78 is 29.5. The number of benzene rings is 3. The van der Waals surface area contributed by atoms with Gasteiger partial charge in [0.1, 0.15) is 6.61 Å². The number of hydrogen-bond acceptors (Lipinski definition) is 13. The lowest BCUT2D eigenvalue weighted by atomic mass is 10.0. The number of anilines is 1. The van der Waals surface area contributed by atoms with E-state index < -0.39 is 42.3 Å². The van der Waals surface area contributed by atoms with Crippen molar-refractivity contribution >= 4 is 47.2 Å². The zero-order valence-electron chi connectivity index (χ0n) is 40.0. The summed E-state index contributed by atoms with van der Waals surface area (Å²) in [5, 5.41) is 14.7. The maximum absolute atomic E-state index is 14.3. The van der Waals surface area contributed by atoms with Crippen molar-refractivity contribution in [2.24, 2.45) is 16.6 Å². The molecule has 17 nitrogen and oxygen atoms in total. The molecule has 4 heterocycles. The highest BCUT2D eigenvalue weighted by molar-refractivity contribution is 6.07. The van der Waals surface area contributed by atoms with Gasteiger partial charge in [-0.3, -0.25) is 24.2 Å². The SMILES string of the molecule is C/C=C/C1=CN2C(=O)c3cc(OC)c(OCCCOc4cc5c(cc4OC)C(=O)N4C=C(/C=C/C)C[C@H]4[C@H](O)N5C(=O)OCc4ccc(CC(=O)[C@H](C)NC(=O)[C@@H](N)C(C)C)cc4)cc3N=C[C@@H]2C1. The van der Waals surface area contributed by atoms with Gasteiger partial charge in [-0.2, -0.15) is 0 Å². The number of fused-ring (bicyclic) bond motifs is 4. The Kier molecular flexibility index (Phi) is 15.7. The van der Waals surface area contributed by atoms with E-state index in [0.717, 1.165) is 16.0 Å². The number of nitrogens with zero attached hydrogens (tertiary/aromatic N) is 4. The lowest BCUT2D eigenvalue weighted by molar-refractivity contribution is -0.128. The molecule has 3 aromatic carbocycles. The molecule has 0 aromatic heterocycles. The van der Waals surface area contributed by atoms with Gasteiger partial charge < -0.3 is 49.6 Å². The van der Waals surface area contributed by atoms with Gasteiger partial charge in [0, 0.05) is 43.6 Å². The number of aliphatic hydroxyl groups excluding tert-OH is 1. The molecular formula is C52H60N6O11. The van der Waals surface area contributed by atoms with Gasteiger partial charge in [0.15, 0.2) is 35.0 Å². The van der Waals surface area contributed by atoms with Gasteiger partial charge in [-0.05, 0) is 73.9 Å². The molecule has 0 aliphatic carbocycles. The Hall–Kier alpha value is -7.24. The molecule has 0 saturated heterocycles. The average Bonchev–Trinajstić information content (AvgIpc) is 3.91. The van der Waals surface area contributed by atoms with Crippen LogP contribution in [-0.4, -0.2) is 109 Å². The molecule has 4 amide bonds. The second-order valence-electron chi connectivity index (χ2n) is 17.5. The van der Waals surface area contributed by atoms with Crippen molar-refractivity contribution in [1.82, 2.24) is 15.1 Å². The Balaban J connectivity index is 1.04. The van der Waals surface area contributed by atoms with Gasteiger partial charge in [0.2, 0.25) is 5.91 Å². The number of carbonyl (C=O) groups is 5. The van der Waals surface area contributed by atoms with Crippen LogP contribution in [0.4, 0.5) is 16.2 Å². The topological polar surface area (TPSA) is 212 Å². The Labute approximate surface area is 401 Å². The van der Waals surface area contributed by atoms with E-state index in [2.05, 4.69) is 10.3 Å². The second kappa shape index (κ2) is 21.8. The van der Waals surface area contributed by atoms with Gasteiger partial charge >= 0.3 is 6.09 Å². The van der Waals surface area contributed by atoms with Gasteiger partial charge in [0.05, 0.1) is 74.1 Å². The van der Waals surface area contributed by atoms with Crippen molar-refractivity contribution in [2.75, 3.05) is 32.3 Å². The van der Waals surface area contributed by atoms with Crippen LogP contribution in [0.1, 0.15) is 85.7 Å². The monoisotopic (exact) mass is 944 g/mol. The molecule has 69 heavy (non-hydrogen) atoms.